The molecule has 1 aliphatic heterocycles. The van der Waals surface area contributed by atoms with Crippen LogP contribution in [0.2, 0.25) is 5.02 Å². The highest BCUT2D eigenvalue weighted by atomic mass is 35.5. The van der Waals surface area contributed by atoms with Gasteiger partial charge in [-0.3, -0.25) is 14.7 Å². The van der Waals surface area contributed by atoms with Gasteiger partial charge in [0.25, 0.3) is 0 Å². The summed E-state index contributed by atoms with van der Waals surface area (Å²) in [7, 11) is -3.77. The quantitative estimate of drug-likeness (QED) is 0.511. The predicted molar refractivity (Wildman–Crippen MR) is 135 cm³/mol. The van der Waals surface area contributed by atoms with Crippen LogP contribution in [0.1, 0.15) is 5.56 Å². The topological polar surface area (TPSA) is 82.6 Å². The smallest absolute Gasteiger partial charge is 0.240 e. The fourth-order valence-electron chi connectivity index (χ4n) is 3.99. The minimum atomic E-state index is -3.77. The van der Waals surface area contributed by atoms with Crippen molar-refractivity contribution in [3.63, 3.8) is 0 Å². The number of nitrogens with zero attached hydrogens (tertiary/aromatic N) is 3. The molecule has 1 N–H and O–H groups in total. The average Bonchev–Trinajstić information content (AvgIpc) is 2.84. The highest BCUT2D eigenvalue weighted by Gasteiger charge is 2.22. The Balaban J connectivity index is 1.35. The molecule has 0 saturated carbocycles. The predicted octanol–water partition coefficient (Wildman–Crippen LogP) is 3.51. The summed E-state index contributed by atoms with van der Waals surface area (Å²) in [5.74, 6) is -1.20. The van der Waals surface area contributed by atoms with E-state index < -0.39 is 21.5 Å². The molecule has 7 nitrogen and oxygen atoms in total. The third-order valence-corrected chi connectivity index (χ3v) is 7.74. The highest BCUT2D eigenvalue weighted by molar-refractivity contribution is 7.92. The Labute approximate surface area is 205 Å². The lowest BCUT2D eigenvalue weighted by atomic mass is 10.1. The van der Waals surface area contributed by atoms with Gasteiger partial charge >= 0.3 is 0 Å². The average molecular weight is 499 g/mol. The Morgan fingerprint density at radius 1 is 0.941 bits per heavy atom. The molecule has 34 heavy (non-hydrogen) atoms. The Morgan fingerprint density at radius 3 is 2.32 bits per heavy atom. The first kappa shape index (κ1) is 24.2. The van der Waals surface area contributed by atoms with E-state index in [0.29, 0.717) is 10.7 Å². The molecule has 1 aliphatic rings. The number of piperazine rings is 1. The van der Waals surface area contributed by atoms with E-state index >= 15 is 0 Å². The zero-order valence-electron chi connectivity index (χ0n) is 18.7. The second-order valence-electron chi connectivity index (χ2n) is 8.21. The summed E-state index contributed by atoms with van der Waals surface area (Å²) in [6.45, 7) is 4.47. The molecule has 0 radical (unpaired) electrons. The van der Waals surface area contributed by atoms with E-state index in [-0.39, 0.29) is 4.90 Å². The maximum atomic E-state index is 12.6. The molecule has 1 amide bonds. The van der Waals surface area contributed by atoms with Crippen molar-refractivity contribution in [1.82, 2.24) is 9.88 Å². The van der Waals surface area contributed by atoms with Gasteiger partial charge in [-0.1, -0.05) is 23.7 Å². The number of sulfone groups is 1. The van der Waals surface area contributed by atoms with Gasteiger partial charge in [0.1, 0.15) is 5.75 Å². The molecule has 2 heterocycles. The number of pyridine rings is 1. The fourth-order valence-corrected chi connectivity index (χ4v) is 5.25. The van der Waals surface area contributed by atoms with Gasteiger partial charge in [0, 0.05) is 50.1 Å². The molecule has 3 aromatic rings. The standard InChI is InChI=1S/C25H27ClN4O3S/c26-21-5-7-22(8-6-21)34(32,33)19-25(31)28-23-3-1-2-4-24(23)30-17-15-29(16-18-30)14-11-20-9-12-27-13-10-20/h1-10,12-13H,11,14-19H2,(H,28,31). The summed E-state index contributed by atoms with van der Waals surface area (Å²) in [4.78, 5) is 21.4. The molecule has 0 aliphatic carbocycles. The summed E-state index contributed by atoms with van der Waals surface area (Å²) in [6, 6.07) is 17.4. The van der Waals surface area contributed by atoms with Crippen molar-refractivity contribution in [2.75, 3.05) is 48.7 Å². The van der Waals surface area contributed by atoms with E-state index in [9.17, 15) is 13.2 Å². The Bertz CT molecular complexity index is 1210. The van der Waals surface area contributed by atoms with Crippen LogP contribution in [0.4, 0.5) is 11.4 Å². The van der Waals surface area contributed by atoms with E-state index in [1.165, 1.54) is 29.8 Å². The molecule has 0 unspecified atom stereocenters. The van der Waals surface area contributed by atoms with Crippen molar-refractivity contribution in [2.24, 2.45) is 0 Å². The lowest BCUT2D eigenvalue weighted by Crippen LogP contribution is -2.47. The number of anilines is 2. The number of nitrogens with one attached hydrogen (secondary N) is 1. The molecule has 0 atom stereocenters. The van der Waals surface area contributed by atoms with Crippen molar-refractivity contribution < 1.29 is 13.2 Å². The van der Waals surface area contributed by atoms with Crippen LogP contribution in [0, 0.1) is 0 Å². The first-order valence-corrected chi connectivity index (χ1v) is 13.2. The summed E-state index contributed by atoms with van der Waals surface area (Å²) in [5.41, 5.74) is 2.79. The second kappa shape index (κ2) is 11.0. The Kier molecular flexibility index (Phi) is 7.82. The molecule has 1 fully saturated rings. The van der Waals surface area contributed by atoms with E-state index in [0.717, 1.165) is 44.8 Å². The van der Waals surface area contributed by atoms with Crippen LogP contribution in [0.5, 0.6) is 0 Å². The monoisotopic (exact) mass is 498 g/mol. The zero-order chi connectivity index (χ0) is 24.0. The fraction of sp³-hybridized carbons (Fsp3) is 0.280. The van der Waals surface area contributed by atoms with Gasteiger partial charge in [0.05, 0.1) is 16.3 Å². The number of rotatable bonds is 8. The van der Waals surface area contributed by atoms with Gasteiger partial charge in [-0.05, 0) is 60.5 Å². The number of carbonyl (C=O) groups is 1. The number of carbonyl (C=O) groups excluding carboxylic acids is 1. The number of para-hydroxylation sites is 2. The molecular formula is C25H27ClN4O3S. The maximum absolute atomic E-state index is 12.6. The largest absolute Gasteiger partial charge is 0.367 e. The third-order valence-electron chi connectivity index (χ3n) is 5.85. The SMILES string of the molecule is O=C(CS(=O)(=O)c1ccc(Cl)cc1)Nc1ccccc1N1CCN(CCc2ccncc2)CC1. The minimum absolute atomic E-state index is 0.0724. The van der Waals surface area contributed by atoms with Crippen LogP contribution in [0.3, 0.4) is 0 Å². The van der Waals surface area contributed by atoms with Crippen LogP contribution < -0.4 is 10.2 Å². The van der Waals surface area contributed by atoms with Gasteiger partial charge in [0.15, 0.2) is 9.84 Å². The molecule has 2 aromatic carbocycles. The van der Waals surface area contributed by atoms with Gasteiger partial charge in [-0.2, -0.15) is 0 Å². The van der Waals surface area contributed by atoms with Gasteiger partial charge in [-0.15, -0.1) is 0 Å². The number of halogens is 1. The molecular weight excluding hydrogens is 472 g/mol. The van der Waals surface area contributed by atoms with E-state index in [1.807, 2.05) is 42.7 Å². The molecule has 178 valence electrons. The van der Waals surface area contributed by atoms with Crippen LogP contribution in [0.25, 0.3) is 0 Å². The number of hydrogen-bond donors (Lipinski definition) is 1. The number of hydrogen-bond acceptors (Lipinski definition) is 6. The van der Waals surface area contributed by atoms with Crippen molar-refractivity contribution in [3.05, 3.63) is 83.6 Å². The Hall–Kier alpha value is -2.94. The summed E-state index contributed by atoms with van der Waals surface area (Å²) in [6.07, 6.45) is 4.62. The number of amides is 1. The Morgan fingerprint density at radius 2 is 1.62 bits per heavy atom. The normalized spacial score (nSPS) is 14.7. The van der Waals surface area contributed by atoms with Crippen LogP contribution in [0.15, 0.2) is 78.0 Å². The van der Waals surface area contributed by atoms with Crippen molar-refractivity contribution in [2.45, 2.75) is 11.3 Å². The maximum Gasteiger partial charge on any atom is 0.240 e. The zero-order valence-corrected chi connectivity index (χ0v) is 20.3. The van der Waals surface area contributed by atoms with Crippen molar-refractivity contribution in [3.8, 4) is 0 Å². The molecule has 0 bridgehead atoms. The molecule has 9 heteroatoms. The van der Waals surface area contributed by atoms with E-state index in [2.05, 4.69) is 20.1 Å². The van der Waals surface area contributed by atoms with Crippen LogP contribution in [-0.4, -0.2) is 62.7 Å². The van der Waals surface area contributed by atoms with Crippen LogP contribution in [-0.2, 0) is 21.1 Å². The summed E-state index contributed by atoms with van der Waals surface area (Å²) >= 11 is 5.84. The van der Waals surface area contributed by atoms with Gasteiger partial charge < -0.3 is 10.2 Å². The molecule has 4 rings (SSSR count). The van der Waals surface area contributed by atoms with Gasteiger partial charge in [-0.25, -0.2) is 8.42 Å². The van der Waals surface area contributed by atoms with E-state index in [4.69, 9.17) is 11.6 Å². The lowest BCUT2D eigenvalue weighted by molar-refractivity contribution is -0.113. The van der Waals surface area contributed by atoms with Crippen LogP contribution >= 0.6 is 11.6 Å². The summed E-state index contributed by atoms with van der Waals surface area (Å²) in [5, 5.41) is 3.24. The first-order chi connectivity index (χ1) is 16.4. The molecule has 0 spiro atoms. The minimum Gasteiger partial charge on any atom is -0.367 e. The first-order valence-electron chi connectivity index (χ1n) is 11.1. The lowest BCUT2D eigenvalue weighted by Gasteiger charge is -2.37. The second-order valence-corrected chi connectivity index (χ2v) is 10.6. The van der Waals surface area contributed by atoms with Crippen molar-refractivity contribution in [1.29, 1.82) is 0 Å². The third kappa shape index (κ3) is 6.34. The summed E-state index contributed by atoms with van der Waals surface area (Å²) < 4.78 is 25.2. The van der Waals surface area contributed by atoms with Gasteiger partial charge in [0.2, 0.25) is 5.91 Å². The van der Waals surface area contributed by atoms with E-state index in [1.54, 1.807) is 6.07 Å². The number of benzene rings is 2. The molecule has 1 aromatic heterocycles. The highest BCUT2D eigenvalue weighted by Crippen LogP contribution is 2.27. The van der Waals surface area contributed by atoms with Crippen molar-refractivity contribution >= 4 is 38.7 Å². The number of aromatic nitrogens is 1. The molecule has 1 saturated heterocycles.